The summed E-state index contributed by atoms with van der Waals surface area (Å²) in [6.45, 7) is 6.58. The number of ether oxygens (including phenoxy) is 1. The van der Waals surface area contributed by atoms with E-state index in [0.29, 0.717) is 24.4 Å². The molecule has 172 valence electrons. The molecule has 0 saturated carbocycles. The van der Waals surface area contributed by atoms with Crippen molar-refractivity contribution >= 4 is 22.9 Å². The number of nitrogens with zero attached hydrogens (tertiary/aromatic N) is 4. The number of amides is 1. The van der Waals surface area contributed by atoms with Gasteiger partial charge in [0.2, 0.25) is 0 Å². The van der Waals surface area contributed by atoms with Crippen molar-refractivity contribution in [2.45, 2.75) is 32.5 Å². The van der Waals surface area contributed by atoms with Gasteiger partial charge in [0.05, 0.1) is 28.1 Å². The lowest BCUT2D eigenvalue weighted by molar-refractivity contribution is -0.136. The Bertz CT molecular complexity index is 1160. The SMILES string of the molecule is CCOC(C)(C)CN(C)c1cc(-c2cc(C(F)(F)F)c3c(N)ncnn23)ccc1C(N)=O. The first kappa shape index (κ1) is 23.3. The molecule has 1 amide bonds. The van der Waals surface area contributed by atoms with Crippen molar-refractivity contribution in [1.29, 1.82) is 0 Å². The fourth-order valence-electron chi connectivity index (χ4n) is 3.80. The van der Waals surface area contributed by atoms with Crippen LogP contribution in [0, 0.1) is 0 Å². The minimum atomic E-state index is -4.66. The summed E-state index contributed by atoms with van der Waals surface area (Å²) in [5.74, 6) is -0.946. The third kappa shape index (κ3) is 4.47. The number of fused-ring (bicyclic) bond motifs is 1. The van der Waals surface area contributed by atoms with E-state index in [9.17, 15) is 18.0 Å². The van der Waals surface area contributed by atoms with Crippen LogP contribution in [0.25, 0.3) is 16.8 Å². The molecular weight excluding hydrogens is 425 g/mol. The Hall–Kier alpha value is -3.34. The Morgan fingerprint density at radius 1 is 1.25 bits per heavy atom. The molecule has 0 fully saturated rings. The molecule has 0 aliphatic rings. The average Bonchev–Trinajstić information content (AvgIpc) is 3.08. The van der Waals surface area contributed by atoms with E-state index in [1.807, 2.05) is 20.8 Å². The van der Waals surface area contributed by atoms with E-state index in [1.165, 1.54) is 12.1 Å². The van der Waals surface area contributed by atoms with E-state index >= 15 is 0 Å². The molecule has 0 unspecified atom stereocenters. The number of rotatable bonds is 7. The summed E-state index contributed by atoms with van der Waals surface area (Å²) < 4.78 is 47.8. The number of nitrogens with two attached hydrogens (primary N) is 2. The van der Waals surface area contributed by atoms with Gasteiger partial charge in [0, 0.05) is 25.8 Å². The molecule has 2 heterocycles. The van der Waals surface area contributed by atoms with Gasteiger partial charge >= 0.3 is 6.18 Å². The van der Waals surface area contributed by atoms with Crippen molar-refractivity contribution in [3.8, 4) is 11.3 Å². The van der Waals surface area contributed by atoms with Gasteiger partial charge in [-0.1, -0.05) is 6.07 Å². The summed E-state index contributed by atoms with van der Waals surface area (Å²) in [5.41, 5.74) is 10.7. The molecule has 3 aromatic rings. The highest BCUT2D eigenvalue weighted by molar-refractivity contribution is 5.99. The van der Waals surface area contributed by atoms with Crippen molar-refractivity contribution in [3.05, 3.63) is 41.7 Å². The zero-order chi connectivity index (χ0) is 23.8. The monoisotopic (exact) mass is 450 g/mol. The first-order valence-electron chi connectivity index (χ1n) is 9.84. The van der Waals surface area contributed by atoms with E-state index in [0.717, 1.165) is 16.9 Å². The molecular formula is C21H25F3N6O2. The number of primary amides is 1. The van der Waals surface area contributed by atoms with Crippen LogP contribution in [0.1, 0.15) is 36.7 Å². The number of hydrogen-bond donors (Lipinski definition) is 2. The summed E-state index contributed by atoms with van der Waals surface area (Å²) in [6, 6.07) is 5.57. The first-order chi connectivity index (χ1) is 14.9. The molecule has 0 aliphatic heterocycles. The molecule has 2 aromatic heterocycles. The van der Waals surface area contributed by atoms with Crippen molar-refractivity contribution in [2.75, 3.05) is 30.8 Å². The van der Waals surface area contributed by atoms with Crippen LogP contribution in [0.4, 0.5) is 24.7 Å². The van der Waals surface area contributed by atoms with Crippen LogP contribution >= 0.6 is 0 Å². The van der Waals surface area contributed by atoms with Gasteiger partial charge in [0.15, 0.2) is 5.82 Å². The van der Waals surface area contributed by atoms with Gasteiger partial charge in [-0.05, 0) is 39.0 Å². The Morgan fingerprint density at radius 2 is 1.94 bits per heavy atom. The normalized spacial score (nSPS) is 12.3. The predicted molar refractivity (Wildman–Crippen MR) is 115 cm³/mol. The van der Waals surface area contributed by atoms with Gasteiger partial charge in [0.1, 0.15) is 11.8 Å². The molecule has 3 rings (SSSR count). The molecule has 11 heteroatoms. The first-order valence-corrected chi connectivity index (χ1v) is 9.84. The van der Waals surface area contributed by atoms with Crippen LogP contribution in [-0.4, -0.2) is 46.3 Å². The number of hydrogen-bond acceptors (Lipinski definition) is 6. The molecule has 0 saturated heterocycles. The van der Waals surface area contributed by atoms with Gasteiger partial charge in [-0.2, -0.15) is 18.3 Å². The van der Waals surface area contributed by atoms with Crippen LogP contribution in [0.3, 0.4) is 0 Å². The van der Waals surface area contributed by atoms with E-state index in [1.54, 1.807) is 18.0 Å². The fourth-order valence-corrected chi connectivity index (χ4v) is 3.80. The smallest absolute Gasteiger partial charge is 0.382 e. The highest BCUT2D eigenvalue weighted by atomic mass is 19.4. The zero-order valence-electron chi connectivity index (χ0n) is 18.2. The molecule has 0 spiro atoms. The van der Waals surface area contributed by atoms with Gasteiger partial charge in [-0.3, -0.25) is 4.79 Å². The zero-order valence-corrected chi connectivity index (χ0v) is 18.2. The van der Waals surface area contributed by atoms with Crippen LogP contribution in [-0.2, 0) is 10.9 Å². The summed E-state index contributed by atoms with van der Waals surface area (Å²) >= 11 is 0. The van der Waals surface area contributed by atoms with E-state index in [-0.39, 0.29) is 22.6 Å². The molecule has 0 bridgehead atoms. The molecule has 0 aliphatic carbocycles. The molecule has 8 nitrogen and oxygen atoms in total. The van der Waals surface area contributed by atoms with Crippen LogP contribution in [0.5, 0.6) is 0 Å². The largest absolute Gasteiger partial charge is 0.418 e. The van der Waals surface area contributed by atoms with E-state index in [4.69, 9.17) is 16.2 Å². The Labute approximate surface area is 183 Å². The number of benzene rings is 1. The van der Waals surface area contributed by atoms with Crippen molar-refractivity contribution in [2.24, 2.45) is 5.73 Å². The second-order valence-corrected chi connectivity index (χ2v) is 7.99. The van der Waals surface area contributed by atoms with E-state index in [2.05, 4.69) is 10.1 Å². The lowest BCUT2D eigenvalue weighted by atomic mass is 10.0. The standard InChI is InChI=1S/C21H25F3N6O2/c1-5-32-20(2,3)10-29(4)16-8-12(6-7-13(16)19(26)31)15-9-14(21(22,23)24)17-18(25)27-11-28-30(15)17/h6-9,11H,5,10H2,1-4H3,(H2,26,31)(H2,25,27,28). The Morgan fingerprint density at radius 3 is 2.53 bits per heavy atom. The Balaban J connectivity index is 2.19. The molecule has 32 heavy (non-hydrogen) atoms. The van der Waals surface area contributed by atoms with Gasteiger partial charge in [-0.25, -0.2) is 9.50 Å². The van der Waals surface area contributed by atoms with E-state index < -0.39 is 23.2 Å². The van der Waals surface area contributed by atoms with Crippen molar-refractivity contribution in [3.63, 3.8) is 0 Å². The lowest BCUT2D eigenvalue weighted by Gasteiger charge is -2.32. The number of carbonyl (C=O) groups is 1. The number of anilines is 2. The van der Waals surface area contributed by atoms with Gasteiger partial charge in [0.25, 0.3) is 5.91 Å². The third-order valence-corrected chi connectivity index (χ3v) is 5.01. The molecule has 1 aromatic carbocycles. The maximum absolute atomic E-state index is 13.7. The topological polar surface area (TPSA) is 112 Å². The lowest BCUT2D eigenvalue weighted by Crippen LogP contribution is -2.39. The number of halogens is 3. The number of nitrogen functional groups attached to an aromatic ring is 1. The number of alkyl halides is 3. The number of aromatic nitrogens is 3. The summed E-state index contributed by atoms with van der Waals surface area (Å²) in [7, 11) is 1.75. The highest BCUT2D eigenvalue weighted by Gasteiger charge is 2.36. The maximum atomic E-state index is 13.7. The summed E-state index contributed by atoms with van der Waals surface area (Å²) in [4.78, 5) is 17.5. The summed E-state index contributed by atoms with van der Waals surface area (Å²) in [6.07, 6.45) is -3.57. The number of carbonyl (C=O) groups excluding carboxylic acids is 1. The van der Waals surface area contributed by atoms with Gasteiger partial charge < -0.3 is 21.1 Å². The predicted octanol–water partition coefficient (Wildman–Crippen LogP) is 3.35. The number of likely N-dealkylation sites (N-methyl/N-ethyl adjacent to an activating group) is 1. The average molecular weight is 450 g/mol. The summed E-state index contributed by atoms with van der Waals surface area (Å²) in [5, 5.41) is 3.97. The van der Waals surface area contributed by atoms with Crippen LogP contribution in [0.2, 0.25) is 0 Å². The minimum absolute atomic E-state index is 0.149. The van der Waals surface area contributed by atoms with Crippen molar-refractivity contribution < 1.29 is 22.7 Å². The Kier molecular flexibility index (Phi) is 6.05. The van der Waals surface area contributed by atoms with Crippen LogP contribution in [0.15, 0.2) is 30.6 Å². The quantitative estimate of drug-likeness (QED) is 0.571. The minimum Gasteiger partial charge on any atom is -0.382 e. The molecule has 4 N–H and O–H groups in total. The molecule has 0 atom stereocenters. The van der Waals surface area contributed by atoms with Crippen LogP contribution < -0.4 is 16.4 Å². The second-order valence-electron chi connectivity index (χ2n) is 7.99. The molecule has 0 radical (unpaired) electrons. The second kappa shape index (κ2) is 8.30. The highest BCUT2D eigenvalue weighted by Crippen LogP contribution is 2.39. The maximum Gasteiger partial charge on any atom is 0.418 e. The van der Waals surface area contributed by atoms with Crippen molar-refractivity contribution in [1.82, 2.24) is 14.6 Å². The fraction of sp³-hybridized carbons (Fsp3) is 0.381. The third-order valence-electron chi connectivity index (χ3n) is 5.01. The van der Waals surface area contributed by atoms with Gasteiger partial charge in [-0.15, -0.1) is 0 Å².